The molecule has 3 rings (SSSR count). The number of aliphatic hydroxyl groups is 1. The highest BCUT2D eigenvalue weighted by Gasteiger charge is 2.10. The lowest BCUT2D eigenvalue weighted by Gasteiger charge is -2.12. The van der Waals surface area contributed by atoms with Gasteiger partial charge in [-0.3, -0.25) is 9.36 Å². The molecule has 2 aromatic carbocycles. The molecular weight excluding hydrogens is 310 g/mol. The lowest BCUT2D eigenvalue weighted by Crippen LogP contribution is -2.24. The van der Waals surface area contributed by atoms with Gasteiger partial charge in [-0.1, -0.05) is 53.9 Å². The first-order chi connectivity index (χ1) is 11.8. The molecule has 1 N–H and O–H groups in total. The molecule has 25 heavy (non-hydrogen) atoms. The van der Waals surface area contributed by atoms with Crippen molar-refractivity contribution in [2.24, 2.45) is 0 Å². The van der Waals surface area contributed by atoms with Crippen LogP contribution in [0.1, 0.15) is 30.7 Å². The van der Waals surface area contributed by atoms with Crippen LogP contribution in [0.5, 0.6) is 0 Å². The molecule has 0 saturated carbocycles. The van der Waals surface area contributed by atoms with Crippen LogP contribution in [0.15, 0.2) is 59.4 Å². The number of nitrogens with zero attached hydrogens (tertiary/aromatic N) is 1. The topological polar surface area (TPSA) is 42.2 Å². The maximum Gasteiger partial charge on any atom is 0.259 e. The fourth-order valence-electron chi connectivity index (χ4n) is 2.65. The normalized spacial score (nSPS) is 11.2. The van der Waals surface area contributed by atoms with E-state index in [0.717, 1.165) is 10.9 Å². The molecule has 3 aromatic rings. The summed E-state index contributed by atoms with van der Waals surface area (Å²) < 4.78 is 1.67. The van der Waals surface area contributed by atoms with Gasteiger partial charge < -0.3 is 5.11 Å². The first-order valence-electron chi connectivity index (χ1n) is 8.27. The monoisotopic (exact) mass is 331 g/mol. The van der Waals surface area contributed by atoms with E-state index in [-0.39, 0.29) is 5.56 Å². The summed E-state index contributed by atoms with van der Waals surface area (Å²) in [5.41, 5.74) is 1.63. The average Bonchev–Trinajstić information content (AvgIpc) is 2.57. The van der Waals surface area contributed by atoms with Crippen molar-refractivity contribution in [3.63, 3.8) is 0 Å². The van der Waals surface area contributed by atoms with Gasteiger partial charge in [0.05, 0.1) is 12.2 Å². The zero-order chi connectivity index (χ0) is 18.0. The van der Waals surface area contributed by atoms with E-state index >= 15 is 0 Å². The standard InChI is InChI=1S/C22H21NO2/c1-16-8-10-17(11-9-16)15-23-19(12-13-22(2,3)25)14-18-6-4-5-7-20(18)21(23)24/h4-11,14,25H,15H2,1-3H3. The first kappa shape index (κ1) is 17.0. The molecule has 0 bridgehead atoms. The van der Waals surface area contributed by atoms with Gasteiger partial charge >= 0.3 is 0 Å². The molecule has 0 saturated heterocycles. The molecule has 0 aliphatic heterocycles. The summed E-state index contributed by atoms with van der Waals surface area (Å²) >= 11 is 0. The number of benzene rings is 2. The predicted octanol–water partition coefficient (Wildman–Crippen LogP) is 3.48. The summed E-state index contributed by atoms with van der Waals surface area (Å²) in [5.74, 6) is 5.79. The minimum Gasteiger partial charge on any atom is -0.378 e. The zero-order valence-corrected chi connectivity index (χ0v) is 14.7. The summed E-state index contributed by atoms with van der Waals surface area (Å²) in [4.78, 5) is 13.0. The average molecular weight is 331 g/mol. The van der Waals surface area contributed by atoms with Crippen molar-refractivity contribution in [1.29, 1.82) is 0 Å². The number of fused-ring (bicyclic) bond motifs is 1. The number of aryl methyl sites for hydroxylation is 1. The van der Waals surface area contributed by atoms with Crippen LogP contribution >= 0.6 is 0 Å². The van der Waals surface area contributed by atoms with Crippen LogP contribution in [0.2, 0.25) is 0 Å². The van der Waals surface area contributed by atoms with E-state index in [2.05, 4.69) is 11.8 Å². The number of rotatable bonds is 2. The molecule has 0 aliphatic rings. The van der Waals surface area contributed by atoms with Gasteiger partial charge in [0.25, 0.3) is 5.56 Å². The second-order valence-electron chi connectivity index (χ2n) is 6.80. The van der Waals surface area contributed by atoms with E-state index in [4.69, 9.17) is 0 Å². The van der Waals surface area contributed by atoms with Crippen molar-refractivity contribution in [2.45, 2.75) is 32.9 Å². The van der Waals surface area contributed by atoms with Crippen LogP contribution in [0.3, 0.4) is 0 Å². The third-order valence-corrected chi connectivity index (χ3v) is 3.98. The maximum absolute atomic E-state index is 13.0. The Kier molecular flexibility index (Phi) is 4.48. The van der Waals surface area contributed by atoms with E-state index in [1.165, 1.54) is 5.56 Å². The quantitative estimate of drug-likeness (QED) is 0.731. The van der Waals surface area contributed by atoms with E-state index in [1.807, 2.05) is 61.5 Å². The highest BCUT2D eigenvalue weighted by Crippen LogP contribution is 2.14. The van der Waals surface area contributed by atoms with Gasteiger partial charge in [-0.15, -0.1) is 0 Å². The lowest BCUT2D eigenvalue weighted by molar-refractivity contribution is 0.143. The summed E-state index contributed by atoms with van der Waals surface area (Å²) in [5, 5.41) is 11.4. The van der Waals surface area contributed by atoms with Crippen molar-refractivity contribution in [2.75, 3.05) is 0 Å². The Morgan fingerprint density at radius 2 is 1.76 bits per heavy atom. The zero-order valence-electron chi connectivity index (χ0n) is 14.7. The van der Waals surface area contributed by atoms with Gasteiger partial charge in [-0.25, -0.2) is 0 Å². The third kappa shape index (κ3) is 3.99. The Morgan fingerprint density at radius 1 is 1.08 bits per heavy atom. The third-order valence-electron chi connectivity index (χ3n) is 3.98. The van der Waals surface area contributed by atoms with Crippen LogP contribution in [0.4, 0.5) is 0 Å². The maximum atomic E-state index is 13.0. The Morgan fingerprint density at radius 3 is 2.44 bits per heavy atom. The van der Waals surface area contributed by atoms with E-state index in [9.17, 15) is 9.90 Å². The smallest absolute Gasteiger partial charge is 0.259 e. The van der Waals surface area contributed by atoms with E-state index in [0.29, 0.717) is 17.6 Å². The van der Waals surface area contributed by atoms with Gasteiger partial charge in [-0.2, -0.15) is 0 Å². The first-order valence-corrected chi connectivity index (χ1v) is 8.27. The van der Waals surface area contributed by atoms with Gasteiger partial charge in [-0.05, 0) is 49.8 Å². The summed E-state index contributed by atoms with van der Waals surface area (Å²) in [6, 6.07) is 17.5. The van der Waals surface area contributed by atoms with Gasteiger partial charge in [0, 0.05) is 5.39 Å². The molecule has 126 valence electrons. The summed E-state index contributed by atoms with van der Waals surface area (Å²) in [6.45, 7) is 5.74. The largest absolute Gasteiger partial charge is 0.378 e. The SMILES string of the molecule is Cc1ccc(Cn2c(C#CC(C)(C)O)cc3ccccc3c2=O)cc1. The molecule has 1 aromatic heterocycles. The van der Waals surface area contributed by atoms with Crippen LogP contribution in [0, 0.1) is 18.8 Å². The van der Waals surface area contributed by atoms with Gasteiger partial charge in [0.1, 0.15) is 5.60 Å². The minimum atomic E-state index is -1.11. The number of hydrogen-bond acceptors (Lipinski definition) is 2. The van der Waals surface area contributed by atoms with Gasteiger partial charge in [0.15, 0.2) is 0 Å². The molecule has 0 aliphatic carbocycles. The lowest BCUT2D eigenvalue weighted by atomic mass is 10.1. The Balaban J connectivity index is 2.19. The molecule has 3 nitrogen and oxygen atoms in total. The van der Waals surface area contributed by atoms with E-state index in [1.54, 1.807) is 18.4 Å². The van der Waals surface area contributed by atoms with Crippen LogP contribution < -0.4 is 5.56 Å². The van der Waals surface area contributed by atoms with Crippen LogP contribution in [0.25, 0.3) is 10.8 Å². The van der Waals surface area contributed by atoms with Crippen molar-refractivity contribution in [3.05, 3.63) is 81.8 Å². The van der Waals surface area contributed by atoms with Crippen LogP contribution in [-0.4, -0.2) is 15.3 Å². The highest BCUT2D eigenvalue weighted by molar-refractivity contribution is 5.82. The summed E-state index contributed by atoms with van der Waals surface area (Å²) in [7, 11) is 0. The Bertz CT molecular complexity index is 1030. The summed E-state index contributed by atoms with van der Waals surface area (Å²) in [6.07, 6.45) is 0. The van der Waals surface area contributed by atoms with E-state index < -0.39 is 5.60 Å². The molecule has 0 spiro atoms. The molecule has 0 unspecified atom stereocenters. The van der Waals surface area contributed by atoms with Crippen molar-refractivity contribution in [1.82, 2.24) is 4.57 Å². The van der Waals surface area contributed by atoms with Crippen molar-refractivity contribution >= 4 is 10.8 Å². The Labute approximate surface area is 147 Å². The molecule has 0 amide bonds. The molecule has 3 heteroatoms. The molecular formula is C22H21NO2. The fraction of sp³-hybridized carbons (Fsp3) is 0.227. The number of pyridine rings is 1. The molecule has 0 atom stereocenters. The predicted molar refractivity (Wildman–Crippen MR) is 102 cm³/mol. The molecule has 0 fully saturated rings. The molecule has 0 radical (unpaired) electrons. The van der Waals surface area contributed by atoms with Gasteiger partial charge in [0.2, 0.25) is 0 Å². The number of hydrogen-bond donors (Lipinski definition) is 1. The van der Waals surface area contributed by atoms with Crippen molar-refractivity contribution < 1.29 is 5.11 Å². The Hall–Kier alpha value is -2.83. The highest BCUT2D eigenvalue weighted by atomic mass is 16.3. The second-order valence-corrected chi connectivity index (χ2v) is 6.80. The molecule has 1 heterocycles. The number of aromatic nitrogens is 1. The minimum absolute atomic E-state index is 0.0706. The van der Waals surface area contributed by atoms with Crippen LogP contribution in [-0.2, 0) is 6.54 Å². The van der Waals surface area contributed by atoms with Crippen molar-refractivity contribution in [3.8, 4) is 11.8 Å². The second kappa shape index (κ2) is 6.58. The fourth-order valence-corrected chi connectivity index (χ4v) is 2.65.